The van der Waals surface area contributed by atoms with Crippen LogP contribution in [0, 0.1) is 13.8 Å². The first kappa shape index (κ1) is 20.3. The van der Waals surface area contributed by atoms with Crippen LogP contribution < -0.4 is 10.6 Å². The number of aryl methyl sites for hydroxylation is 2. The lowest BCUT2D eigenvalue weighted by Gasteiger charge is -2.24. The molecule has 0 aliphatic carbocycles. The smallest absolute Gasteiger partial charge is 0.214 e. The first-order chi connectivity index (χ1) is 13.0. The van der Waals surface area contributed by atoms with Crippen LogP contribution in [0.25, 0.3) is 5.65 Å². The molecule has 0 amide bonds. The quantitative estimate of drug-likeness (QED) is 0.683. The fraction of sp³-hybridized carbons (Fsp3) is 0.400. The van der Waals surface area contributed by atoms with Crippen LogP contribution in [-0.4, -0.2) is 42.1 Å². The number of sulfone groups is 1. The van der Waals surface area contributed by atoms with Gasteiger partial charge in [-0.1, -0.05) is 18.2 Å². The Morgan fingerprint density at radius 1 is 1.18 bits per heavy atom. The molecular weight excluding hydrogens is 374 g/mol. The number of nitrogens with zero attached hydrogens (tertiary/aromatic N) is 4. The molecule has 150 valence electrons. The Morgan fingerprint density at radius 2 is 1.82 bits per heavy atom. The van der Waals surface area contributed by atoms with Gasteiger partial charge in [-0.15, -0.1) is 5.10 Å². The van der Waals surface area contributed by atoms with E-state index in [9.17, 15) is 8.42 Å². The summed E-state index contributed by atoms with van der Waals surface area (Å²) in [5, 5.41) is 4.61. The van der Waals surface area contributed by atoms with Crippen molar-refractivity contribution in [2.24, 2.45) is 5.73 Å². The van der Waals surface area contributed by atoms with Crippen LogP contribution in [-0.2, 0) is 9.84 Å². The number of anilines is 1. The molecule has 0 bridgehead atoms. The minimum atomic E-state index is -3.80. The number of fused-ring (bicyclic) bond motifs is 1. The van der Waals surface area contributed by atoms with Gasteiger partial charge in [0.05, 0.1) is 4.90 Å². The van der Waals surface area contributed by atoms with Gasteiger partial charge in [-0.25, -0.2) is 17.9 Å². The maximum absolute atomic E-state index is 13.5. The van der Waals surface area contributed by atoms with E-state index in [-0.39, 0.29) is 15.3 Å². The van der Waals surface area contributed by atoms with Gasteiger partial charge in [-0.05, 0) is 52.3 Å². The van der Waals surface area contributed by atoms with E-state index in [1.807, 2.05) is 45.7 Å². The first-order valence-corrected chi connectivity index (χ1v) is 10.7. The number of nitrogens with two attached hydrogens (primary N) is 1. The molecule has 0 saturated heterocycles. The third-order valence-corrected chi connectivity index (χ3v) is 6.41. The Balaban J connectivity index is 2.24. The summed E-state index contributed by atoms with van der Waals surface area (Å²) in [7, 11) is -1.97. The molecule has 8 heteroatoms. The topological polar surface area (TPSA) is 93.6 Å². The van der Waals surface area contributed by atoms with E-state index < -0.39 is 9.84 Å². The van der Waals surface area contributed by atoms with E-state index in [0.717, 1.165) is 11.4 Å². The van der Waals surface area contributed by atoms with E-state index in [1.54, 1.807) is 34.8 Å². The molecule has 2 aromatic heterocycles. The lowest BCUT2D eigenvalue weighted by atomic mass is 10.0. The van der Waals surface area contributed by atoms with E-state index in [2.05, 4.69) is 10.1 Å². The van der Waals surface area contributed by atoms with E-state index >= 15 is 0 Å². The van der Waals surface area contributed by atoms with Crippen LogP contribution >= 0.6 is 0 Å². The summed E-state index contributed by atoms with van der Waals surface area (Å²) in [5.74, 6) is 0.384. The third-order valence-electron chi connectivity index (χ3n) is 4.61. The zero-order valence-corrected chi connectivity index (χ0v) is 17.8. The van der Waals surface area contributed by atoms with Crippen molar-refractivity contribution in [3.63, 3.8) is 0 Å². The standard InChI is InChI=1S/C20H27N5O2S/c1-14-13-15(2)25-18(22-14)17(28(26,27)16-9-7-6-8-10-16)19(23-25)24(5)12-11-20(3,4)21/h6-10,13H,11-12,21H2,1-5H3. The lowest BCUT2D eigenvalue weighted by molar-refractivity contribution is 0.478. The van der Waals surface area contributed by atoms with Crippen LogP contribution in [0.4, 0.5) is 5.82 Å². The van der Waals surface area contributed by atoms with Gasteiger partial charge in [0.25, 0.3) is 0 Å². The summed E-state index contributed by atoms with van der Waals surface area (Å²) in [4.78, 5) is 6.70. The predicted octanol–water partition coefficient (Wildman–Crippen LogP) is 2.74. The molecule has 7 nitrogen and oxygen atoms in total. The minimum absolute atomic E-state index is 0.128. The highest BCUT2D eigenvalue weighted by molar-refractivity contribution is 7.91. The molecule has 3 rings (SSSR count). The summed E-state index contributed by atoms with van der Waals surface area (Å²) in [6.07, 6.45) is 0.688. The fourth-order valence-corrected chi connectivity index (χ4v) is 4.62. The number of rotatable bonds is 6. The zero-order valence-electron chi connectivity index (χ0n) is 17.0. The molecule has 0 spiro atoms. The molecular formula is C20H27N5O2S. The Bertz CT molecular complexity index is 1100. The average molecular weight is 402 g/mol. The number of aromatic nitrogens is 3. The second-order valence-corrected chi connectivity index (χ2v) is 9.79. The van der Waals surface area contributed by atoms with Gasteiger partial charge in [0, 0.05) is 30.5 Å². The van der Waals surface area contributed by atoms with Crippen molar-refractivity contribution in [3.05, 3.63) is 47.8 Å². The van der Waals surface area contributed by atoms with Gasteiger partial charge in [-0.3, -0.25) is 0 Å². The van der Waals surface area contributed by atoms with Crippen LogP contribution in [0.2, 0.25) is 0 Å². The fourth-order valence-electron chi connectivity index (χ4n) is 3.06. The normalized spacial score (nSPS) is 12.5. The molecule has 0 atom stereocenters. The Labute approximate surface area is 166 Å². The summed E-state index contributed by atoms with van der Waals surface area (Å²) < 4.78 is 28.6. The van der Waals surface area contributed by atoms with Crippen molar-refractivity contribution in [2.45, 2.75) is 49.4 Å². The largest absolute Gasteiger partial charge is 0.357 e. The maximum atomic E-state index is 13.5. The summed E-state index contributed by atoms with van der Waals surface area (Å²) in [6, 6.07) is 10.3. The molecule has 0 aliphatic rings. The highest BCUT2D eigenvalue weighted by Gasteiger charge is 2.31. The Kier molecular flexibility index (Phi) is 5.20. The van der Waals surface area contributed by atoms with Crippen molar-refractivity contribution < 1.29 is 8.42 Å². The van der Waals surface area contributed by atoms with Gasteiger partial charge >= 0.3 is 0 Å². The zero-order chi connectivity index (χ0) is 20.7. The third kappa shape index (κ3) is 3.88. The van der Waals surface area contributed by atoms with Crippen molar-refractivity contribution >= 4 is 21.3 Å². The molecule has 3 aromatic rings. The minimum Gasteiger partial charge on any atom is -0.357 e. The van der Waals surface area contributed by atoms with Crippen LogP contribution in [0.15, 0.2) is 46.2 Å². The molecule has 0 saturated carbocycles. The Hall–Kier alpha value is -2.45. The van der Waals surface area contributed by atoms with Gasteiger partial charge in [0.15, 0.2) is 16.4 Å². The van der Waals surface area contributed by atoms with Crippen LogP contribution in [0.3, 0.4) is 0 Å². The van der Waals surface area contributed by atoms with Gasteiger partial charge in [0.2, 0.25) is 9.84 Å². The Morgan fingerprint density at radius 3 is 2.43 bits per heavy atom. The molecule has 0 radical (unpaired) electrons. The van der Waals surface area contributed by atoms with Crippen LogP contribution in [0.5, 0.6) is 0 Å². The summed E-state index contributed by atoms with van der Waals surface area (Å²) in [5.41, 5.74) is 7.66. The number of hydrogen-bond donors (Lipinski definition) is 1. The molecule has 0 fully saturated rings. The first-order valence-electron chi connectivity index (χ1n) is 9.18. The van der Waals surface area contributed by atoms with Crippen molar-refractivity contribution in [2.75, 3.05) is 18.5 Å². The monoisotopic (exact) mass is 401 g/mol. The van der Waals surface area contributed by atoms with Gasteiger partial charge in [-0.2, -0.15) is 0 Å². The van der Waals surface area contributed by atoms with E-state index in [0.29, 0.717) is 24.4 Å². The van der Waals surface area contributed by atoms with E-state index in [1.165, 1.54) is 0 Å². The molecule has 0 unspecified atom stereocenters. The maximum Gasteiger partial charge on any atom is 0.214 e. The molecule has 0 aliphatic heterocycles. The highest BCUT2D eigenvalue weighted by Crippen LogP contribution is 2.33. The van der Waals surface area contributed by atoms with Crippen molar-refractivity contribution in [3.8, 4) is 0 Å². The summed E-state index contributed by atoms with van der Waals surface area (Å²) >= 11 is 0. The predicted molar refractivity (Wildman–Crippen MR) is 111 cm³/mol. The molecule has 1 aromatic carbocycles. The second-order valence-electron chi connectivity index (χ2n) is 7.90. The average Bonchev–Trinajstić information content (AvgIpc) is 3.00. The molecule has 2 heterocycles. The van der Waals surface area contributed by atoms with Crippen LogP contribution in [0.1, 0.15) is 31.7 Å². The van der Waals surface area contributed by atoms with Crippen molar-refractivity contribution in [1.82, 2.24) is 14.6 Å². The molecule has 2 N–H and O–H groups in total. The van der Waals surface area contributed by atoms with Gasteiger partial charge in [0.1, 0.15) is 0 Å². The second kappa shape index (κ2) is 7.18. The highest BCUT2D eigenvalue weighted by atomic mass is 32.2. The number of benzene rings is 1. The van der Waals surface area contributed by atoms with E-state index in [4.69, 9.17) is 5.73 Å². The lowest BCUT2D eigenvalue weighted by Crippen LogP contribution is -2.36. The van der Waals surface area contributed by atoms with Crippen molar-refractivity contribution in [1.29, 1.82) is 0 Å². The SMILES string of the molecule is Cc1cc(C)n2nc(N(C)CCC(C)(C)N)c(S(=O)(=O)c3ccccc3)c2n1. The van der Waals surface area contributed by atoms with Gasteiger partial charge < -0.3 is 10.6 Å². The number of hydrogen-bond acceptors (Lipinski definition) is 6. The summed E-state index contributed by atoms with van der Waals surface area (Å²) in [6.45, 7) is 8.20. The molecule has 28 heavy (non-hydrogen) atoms.